The minimum atomic E-state index is -0.699. The van der Waals surface area contributed by atoms with Crippen LogP contribution in [0.25, 0.3) is 0 Å². The highest BCUT2D eigenvalue weighted by atomic mass is 16.8. The van der Waals surface area contributed by atoms with Crippen molar-refractivity contribution in [3.05, 3.63) is 0 Å². The molecule has 0 aromatic carbocycles. The molecule has 9 heteroatoms. The Bertz CT molecular complexity index is 719. The van der Waals surface area contributed by atoms with E-state index in [9.17, 15) is 0 Å². The van der Waals surface area contributed by atoms with Gasteiger partial charge in [-0.3, -0.25) is 13.7 Å². The Hall–Kier alpha value is -0.360. The van der Waals surface area contributed by atoms with E-state index in [1.54, 1.807) is 0 Å². The predicted octanol–water partition coefficient (Wildman–Crippen LogP) is 3.55. The molecule has 216 valence electrons. The molecule has 0 bridgehead atoms. The number of ether oxygens (including phenoxy) is 3. The highest BCUT2D eigenvalue weighted by Crippen LogP contribution is 2.39. The average molecular weight is 523 g/mol. The van der Waals surface area contributed by atoms with Gasteiger partial charge >= 0.3 is 0 Å². The summed E-state index contributed by atoms with van der Waals surface area (Å²) in [6.45, 7) is 19.7. The number of nitrogens with zero attached hydrogens (tertiary/aromatic N) is 4. The molecule has 0 aliphatic carbocycles. The molecular weight excluding hydrogens is 460 g/mol. The number of hydrogen-bond acceptors (Lipinski definition) is 5. The van der Waals surface area contributed by atoms with Crippen LogP contribution in [0.15, 0.2) is 0 Å². The van der Waals surface area contributed by atoms with Crippen molar-refractivity contribution >= 4 is 0 Å². The van der Waals surface area contributed by atoms with E-state index >= 15 is 0 Å². The quantitative estimate of drug-likeness (QED) is 0.142. The Labute approximate surface area is 223 Å². The highest BCUT2D eigenvalue weighted by molar-refractivity contribution is 4.66. The third-order valence-corrected chi connectivity index (χ3v) is 8.73. The maximum absolute atomic E-state index is 7.00. The van der Waals surface area contributed by atoms with Gasteiger partial charge < -0.3 is 9.47 Å². The smallest absolute Gasteiger partial charge is 0.248 e. The van der Waals surface area contributed by atoms with Crippen LogP contribution in [0, 0.1) is 0 Å². The van der Waals surface area contributed by atoms with Gasteiger partial charge in [0.2, 0.25) is 22.9 Å². The normalized spacial score (nSPS) is 19.2. The standard InChI is InChI=1S/C27H62N4O5/c1-24(2,28(9,10)11)35-30(15,16)26(5,6)34-27(7,8)31(17,36-25(3,4)29(12,13)14)19-18-20-33-23-21-32-22-23/h23H,18-22H2,1-17H3/q+4. The SMILES string of the molecule is CC(C)(O[N+](C)(C)C(C)(C)OC(C)(C)[N+](C)(CCCOC1COC1)OC(C)(C)[N+](C)(C)C)[N+](C)(C)C. The Balaban J connectivity index is 3.22. The van der Waals surface area contributed by atoms with Gasteiger partial charge in [-0.2, -0.15) is 4.65 Å². The highest BCUT2D eigenvalue weighted by Gasteiger charge is 2.58. The molecule has 1 atom stereocenters. The van der Waals surface area contributed by atoms with Gasteiger partial charge in [0, 0.05) is 61.8 Å². The lowest BCUT2D eigenvalue weighted by Gasteiger charge is -2.53. The largest absolute Gasteiger partial charge is 0.376 e. The average Bonchev–Trinajstić information content (AvgIpc) is 2.55. The summed E-state index contributed by atoms with van der Waals surface area (Å²) in [5.74, 6) is 0. The molecular formula is C27H62N4O5+4. The first-order valence-corrected chi connectivity index (χ1v) is 13.3. The summed E-state index contributed by atoms with van der Waals surface area (Å²) < 4.78 is 20.0. The van der Waals surface area contributed by atoms with Crippen molar-refractivity contribution in [2.75, 3.05) is 89.8 Å². The van der Waals surface area contributed by atoms with Gasteiger partial charge in [0.1, 0.15) is 33.8 Å². The van der Waals surface area contributed by atoms with Crippen LogP contribution in [-0.4, -0.2) is 137 Å². The molecule has 0 N–H and O–H groups in total. The second-order valence-corrected chi connectivity index (χ2v) is 14.7. The molecule has 1 aliphatic rings. The summed E-state index contributed by atoms with van der Waals surface area (Å²) in [7, 11) is 19.1. The molecule has 1 unspecified atom stereocenters. The van der Waals surface area contributed by atoms with Gasteiger partial charge in [-0.1, -0.05) is 0 Å². The number of quaternary nitrogens is 4. The van der Waals surface area contributed by atoms with Crippen LogP contribution < -0.4 is 0 Å². The summed E-state index contributed by atoms with van der Waals surface area (Å²) in [5.41, 5.74) is -2.28. The fourth-order valence-corrected chi connectivity index (χ4v) is 3.58. The number of rotatable bonds is 15. The summed E-state index contributed by atoms with van der Waals surface area (Å²) in [6.07, 6.45) is 1.06. The molecule has 0 aromatic heterocycles. The summed E-state index contributed by atoms with van der Waals surface area (Å²) in [5, 5.41) is 0. The zero-order valence-electron chi connectivity index (χ0n) is 26.9. The fraction of sp³-hybridized carbons (Fsp3) is 1.00. The third-order valence-electron chi connectivity index (χ3n) is 8.73. The second kappa shape index (κ2) is 10.7. The van der Waals surface area contributed by atoms with Crippen LogP contribution in [-0.2, 0) is 23.9 Å². The van der Waals surface area contributed by atoms with Gasteiger partial charge in [-0.25, -0.2) is 0 Å². The zero-order chi connectivity index (χ0) is 28.6. The van der Waals surface area contributed by atoms with E-state index in [2.05, 4.69) is 119 Å². The lowest BCUT2D eigenvalue weighted by molar-refractivity contribution is -1.21. The molecule has 36 heavy (non-hydrogen) atoms. The molecule has 9 nitrogen and oxygen atoms in total. The molecule has 1 fully saturated rings. The van der Waals surface area contributed by atoms with E-state index in [1.165, 1.54) is 0 Å². The van der Waals surface area contributed by atoms with Crippen molar-refractivity contribution in [2.45, 2.75) is 90.8 Å². The van der Waals surface area contributed by atoms with Gasteiger partial charge in [0.05, 0.1) is 62.1 Å². The van der Waals surface area contributed by atoms with Crippen molar-refractivity contribution in [3.63, 3.8) is 0 Å². The van der Waals surface area contributed by atoms with Crippen molar-refractivity contribution < 1.29 is 42.1 Å². The summed E-state index contributed by atoms with van der Waals surface area (Å²) in [4.78, 5) is 13.7. The maximum atomic E-state index is 7.00. The van der Waals surface area contributed by atoms with Gasteiger partial charge in [-0.05, 0) is 0 Å². The van der Waals surface area contributed by atoms with E-state index in [0.717, 1.165) is 13.0 Å². The maximum Gasteiger partial charge on any atom is 0.248 e. The zero-order valence-corrected chi connectivity index (χ0v) is 26.9. The van der Waals surface area contributed by atoms with E-state index in [4.69, 9.17) is 23.9 Å². The third kappa shape index (κ3) is 7.83. The molecule has 1 aliphatic heterocycles. The van der Waals surface area contributed by atoms with Crippen molar-refractivity contribution in [2.24, 2.45) is 0 Å². The van der Waals surface area contributed by atoms with Crippen molar-refractivity contribution in [3.8, 4) is 0 Å². The van der Waals surface area contributed by atoms with E-state index in [0.29, 0.717) is 28.8 Å². The number of hydrogen-bond donors (Lipinski definition) is 0. The molecule has 1 rings (SSSR count). The van der Waals surface area contributed by atoms with Crippen LogP contribution in [0.5, 0.6) is 0 Å². The lowest BCUT2D eigenvalue weighted by atomic mass is 10.1. The van der Waals surface area contributed by atoms with Crippen LogP contribution in [0.3, 0.4) is 0 Å². The minimum Gasteiger partial charge on any atom is -0.376 e. The Kier molecular flexibility index (Phi) is 9.97. The van der Waals surface area contributed by atoms with Gasteiger partial charge in [0.15, 0.2) is 0 Å². The van der Waals surface area contributed by atoms with Crippen LogP contribution >= 0.6 is 0 Å². The molecule has 0 aromatic rings. The van der Waals surface area contributed by atoms with Gasteiger partial charge in [0.25, 0.3) is 0 Å². The topological polar surface area (TPSA) is 46.2 Å². The summed E-state index contributed by atoms with van der Waals surface area (Å²) >= 11 is 0. The van der Waals surface area contributed by atoms with E-state index in [-0.39, 0.29) is 15.4 Å². The second-order valence-electron chi connectivity index (χ2n) is 14.7. The first kappa shape index (κ1) is 33.7. The minimum absolute atomic E-state index is 0.218. The lowest BCUT2D eigenvalue weighted by Crippen LogP contribution is -2.72. The molecule has 1 saturated heterocycles. The summed E-state index contributed by atoms with van der Waals surface area (Å²) in [6, 6.07) is 0. The Morgan fingerprint density at radius 3 is 1.47 bits per heavy atom. The molecule has 0 radical (unpaired) electrons. The molecule has 0 saturated carbocycles. The first-order valence-electron chi connectivity index (χ1n) is 13.3. The molecule has 1 heterocycles. The first-order chi connectivity index (χ1) is 15.7. The van der Waals surface area contributed by atoms with Gasteiger partial charge in [-0.15, -0.1) is 14.3 Å². The molecule has 0 amide bonds. The van der Waals surface area contributed by atoms with E-state index < -0.39 is 22.9 Å². The van der Waals surface area contributed by atoms with Crippen LogP contribution in [0.4, 0.5) is 0 Å². The predicted molar refractivity (Wildman–Crippen MR) is 144 cm³/mol. The van der Waals surface area contributed by atoms with Crippen molar-refractivity contribution in [1.82, 2.24) is 0 Å². The number of hydroxylamine groups is 6. The van der Waals surface area contributed by atoms with Crippen LogP contribution in [0.2, 0.25) is 0 Å². The van der Waals surface area contributed by atoms with E-state index in [1.807, 2.05) is 0 Å². The molecule has 0 spiro atoms. The van der Waals surface area contributed by atoms with Crippen LogP contribution in [0.1, 0.15) is 61.8 Å². The monoisotopic (exact) mass is 522 g/mol. The Morgan fingerprint density at radius 2 is 1.08 bits per heavy atom. The Morgan fingerprint density at radius 1 is 0.639 bits per heavy atom. The fourth-order valence-electron chi connectivity index (χ4n) is 3.58. The van der Waals surface area contributed by atoms with Crippen molar-refractivity contribution in [1.29, 1.82) is 0 Å².